The van der Waals surface area contributed by atoms with E-state index in [0.29, 0.717) is 6.61 Å². The second-order valence-corrected chi connectivity index (χ2v) is 6.62. The number of carbonyl (C=O) groups is 1. The summed E-state index contributed by atoms with van der Waals surface area (Å²) < 4.78 is 7.66. The van der Waals surface area contributed by atoms with Crippen LogP contribution in [0.15, 0.2) is 30.6 Å². The molecule has 0 saturated carbocycles. The Morgan fingerprint density at radius 3 is 3.04 bits per heavy atom. The molecule has 6 heteroatoms. The highest BCUT2D eigenvalue weighted by Gasteiger charge is 2.27. The van der Waals surface area contributed by atoms with Gasteiger partial charge in [-0.25, -0.2) is 0 Å². The molecule has 1 N–H and O–H groups in total. The summed E-state index contributed by atoms with van der Waals surface area (Å²) in [7, 11) is 3.73. The van der Waals surface area contributed by atoms with E-state index in [0.717, 1.165) is 36.3 Å². The van der Waals surface area contributed by atoms with E-state index in [-0.39, 0.29) is 18.0 Å². The second-order valence-electron chi connectivity index (χ2n) is 6.62. The van der Waals surface area contributed by atoms with E-state index in [1.165, 1.54) is 0 Å². The second kappa shape index (κ2) is 7.70. The fourth-order valence-electron chi connectivity index (χ4n) is 2.96. The Morgan fingerprint density at radius 1 is 1.52 bits per heavy atom. The normalized spacial score (nSPS) is 18.1. The van der Waals surface area contributed by atoms with Crippen LogP contribution >= 0.6 is 0 Å². The van der Waals surface area contributed by atoms with E-state index in [1.54, 1.807) is 9.58 Å². The van der Waals surface area contributed by atoms with Crippen LogP contribution in [0.5, 0.6) is 5.75 Å². The van der Waals surface area contributed by atoms with Crippen molar-refractivity contribution in [2.75, 3.05) is 20.2 Å². The quantitative estimate of drug-likeness (QED) is 0.871. The zero-order chi connectivity index (χ0) is 17.8. The van der Waals surface area contributed by atoms with Crippen molar-refractivity contribution in [2.45, 2.75) is 31.8 Å². The molecule has 0 spiro atoms. The summed E-state index contributed by atoms with van der Waals surface area (Å²) in [4.78, 5) is 14.2. The summed E-state index contributed by atoms with van der Waals surface area (Å²) >= 11 is 0. The van der Waals surface area contributed by atoms with E-state index < -0.39 is 0 Å². The number of likely N-dealkylation sites (N-methyl/N-ethyl adjacent to an activating group) is 1. The molecule has 2 atom stereocenters. The maximum Gasteiger partial charge on any atom is 0.239 e. The summed E-state index contributed by atoms with van der Waals surface area (Å²) in [5.74, 6) is 0.886. The Hall–Kier alpha value is -2.34. The highest BCUT2D eigenvalue weighted by atomic mass is 16.5. The molecule has 133 valence electrons. The predicted octanol–water partition coefficient (Wildman–Crippen LogP) is 1.86. The molecule has 1 aliphatic heterocycles. The van der Waals surface area contributed by atoms with Gasteiger partial charge >= 0.3 is 0 Å². The van der Waals surface area contributed by atoms with Gasteiger partial charge in [-0.3, -0.25) is 9.48 Å². The molecule has 0 bridgehead atoms. The molecule has 2 unspecified atom stereocenters. The minimum absolute atomic E-state index is 0.00283. The van der Waals surface area contributed by atoms with Gasteiger partial charge in [0.1, 0.15) is 12.4 Å². The summed E-state index contributed by atoms with van der Waals surface area (Å²) in [5.41, 5.74) is 2.04. The zero-order valence-corrected chi connectivity index (χ0v) is 15.0. The number of carbonyl (C=O) groups excluding carboxylic acids is 1. The van der Waals surface area contributed by atoms with Gasteiger partial charge in [0.05, 0.1) is 18.3 Å². The molecule has 1 fully saturated rings. The number of amides is 1. The molecular weight excluding hydrogens is 316 g/mol. The van der Waals surface area contributed by atoms with Gasteiger partial charge in [0.2, 0.25) is 5.91 Å². The maximum atomic E-state index is 12.4. The molecule has 6 nitrogen and oxygen atoms in total. The van der Waals surface area contributed by atoms with Gasteiger partial charge in [-0.1, -0.05) is 0 Å². The topological polar surface area (TPSA) is 59.4 Å². The number of aryl methyl sites for hydroxylation is 1. The van der Waals surface area contributed by atoms with Gasteiger partial charge in [0, 0.05) is 25.9 Å². The molecule has 1 amide bonds. The molecular formula is C19H25N4O2. The first-order chi connectivity index (χ1) is 12.0. The average molecular weight is 341 g/mol. The zero-order valence-electron chi connectivity index (χ0n) is 15.0. The lowest BCUT2D eigenvalue weighted by Gasteiger charge is -2.27. The molecule has 1 aromatic carbocycles. The minimum atomic E-state index is -0.0466. The Morgan fingerprint density at radius 2 is 2.36 bits per heavy atom. The Kier molecular flexibility index (Phi) is 5.38. The van der Waals surface area contributed by atoms with Crippen LogP contribution in [0.1, 0.15) is 19.8 Å². The van der Waals surface area contributed by atoms with E-state index in [2.05, 4.69) is 16.5 Å². The number of nitrogens with one attached hydrogen (secondary N) is 1. The predicted molar refractivity (Wildman–Crippen MR) is 96.2 cm³/mol. The van der Waals surface area contributed by atoms with Crippen LogP contribution in [0, 0.1) is 6.07 Å². The highest BCUT2D eigenvalue weighted by Crippen LogP contribution is 2.23. The molecule has 25 heavy (non-hydrogen) atoms. The van der Waals surface area contributed by atoms with Crippen LogP contribution < -0.4 is 10.1 Å². The molecule has 0 aliphatic carbocycles. The summed E-state index contributed by atoms with van der Waals surface area (Å²) in [5, 5.41) is 7.44. The first-order valence-electron chi connectivity index (χ1n) is 8.67. The van der Waals surface area contributed by atoms with Gasteiger partial charge < -0.3 is 15.0 Å². The largest absolute Gasteiger partial charge is 0.491 e. The van der Waals surface area contributed by atoms with Crippen molar-refractivity contribution in [3.8, 4) is 16.9 Å². The van der Waals surface area contributed by atoms with Crippen LogP contribution in [0.25, 0.3) is 11.1 Å². The number of aromatic nitrogens is 2. The number of nitrogens with zero attached hydrogens (tertiary/aromatic N) is 3. The number of hydrogen-bond donors (Lipinski definition) is 1. The van der Waals surface area contributed by atoms with Crippen molar-refractivity contribution in [3.63, 3.8) is 0 Å². The third kappa shape index (κ3) is 4.20. The van der Waals surface area contributed by atoms with Crippen molar-refractivity contribution >= 4 is 5.91 Å². The van der Waals surface area contributed by atoms with Gasteiger partial charge in [-0.05, 0) is 56.1 Å². The Labute approximate surface area is 148 Å². The van der Waals surface area contributed by atoms with Crippen LogP contribution in [0.4, 0.5) is 0 Å². The van der Waals surface area contributed by atoms with Crippen LogP contribution in [0.3, 0.4) is 0 Å². The molecule has 2 aromatic rings. The van der Waals surface area contributed by atoms with Crippen molar-refractivity contribution in [1.29, 1.82) is 0 Å². The number of ether oxygens (including phenoxy) is 1. The van der Waals surface area contributed by atoms with Crippen LogP contribution in [0.2, 0.25) is 0 Å². The van der Waals surface area contributed by atoms with Crippen molar-refractivity contribution in [1.82, 2.24) is 20.0 Å². The monoisotopic (exact) mass is 341 g/mol. The SMILES string of the molecule is CC(COc1c[c]cc(-c2cnn(C)c2)c1)N(C)C(=O)C1CCCN1. The first-order valence-corrected chi connectivity index (χ1v) is 8.67. The highest BCUT2D eigenvalue weighted by molar-refractivity contribution is 5.82. The van der Waals surface area contributed by atoms with E-state index in [4.69, 9.17) is 4.74 Å². The van der Waals surface area contributed by atoms with Crippen LogP contribution in [-0.4, -0.2) is 52.9 Å². The first kappa shape index (κ1) is 17.5. The third-order valence-corrected chi connectivity index (χ3v) is 4.66. The van der Waals surface area contributed by atoms with Crippen LogP contribution in [-0.2, 0) is 11.8 Å². The molecule has 1 aliphatic rings. The van der Waals surface area contributed by atoms with Gasteiger partial charge in [-0.2, -0.15) is 5.10 Å². The smallest absolute Gasteiger partial charge is 0.239 e. The third-order valence-electron chi connectivity index (χ3n) is 4.66. The number of benzene rings is 1. The van der Waals surface area contributed by atoms with Gasteiger partial charge in [-0.15, -0.1) is 0 Å². The molecule has 1 radical (unpaired) electrons. The summed E-state index contributed by atoms with van der Waals surface area (Å²) in [6, 6.07) is 8.75. The minimum Gasteiger partial charge on any atom is -0.491 e. The Balaban J connectivity index is 1.58. The summed E-state index contributed by atoms with van der Waals surface area (Å²) in [6.07, 6.45) is 5.75. The summed E-state index contributed by atoms with van der Waals surface area (Å²) in [6.45, 7) is 3.37. The van der Waals surface area contributed by atoms with E-state index >= 15 is 0 Å². The molecule has 3 rings (SSSR count). The van der Waals surface area contributed by atoms with E-state index in [1.807, 2.05) is 51.6 Å². The molecule has 1 saturated heterocycles. The fraction of sp³-hybridized carbons (Fsp3) is 0.474. The lowest BCUT2D eigenvalue weighted by molar-refractivity contribution is -0.134. The van der Waals surface area contributed by atoms with Gasteiger partial charge in [0.15, 0.2) is 0 Å². The fourth-order valence-corrected chi connectivity index (χ4v) is 2.96. The number of hydrogen-bond acceptors (Lipinski definition) is 4. The average Bonchev–Trinajstić information content (AvgIpc) is 3.30. The number of rotatable bonds is 6. The maximum absolute atomic E-state index is 12.4. The van der Waals surface area contributed by atoms with Crippen molar-refractivity contribution in [2.24, 2.45) is 7.05 Å². The van der Waals surface area contributed by atoms with Crippen molar-refractivity contribution in [3.05, 3.63) is 36.7 Å². The van der Waals surface area contributed by atoms with Gasteiger partial charge in [0.25, 0.3) is 0 Å². The standard InChI is InChI=1S/C19H25N4O2/c1-14(23(3)19(24)18-8-5-9-20-18)13-25-17-7-4-6-15(10-17)16-11-21-22(2)12-16/h6-7,10-12,14,18,20H,5,8-9,13H2,1-3H3. The lowest BCUT2D eigenvalue weighted by atomic mass is 10.1. The molecule has 1 aromatic heterocycles. The lowest BCUT2D eigenvalue weighted by Crippen LogP contribution is -2.47. The van der Waals surface area contributed by atoms with Crippen molar-refractivity contribution < 1.29 is 9.53 Å². The van der Waals surface area contributed by atoms with E-state index in [9.17, 15) is 4.79 Å². The molecule has 2 heterocycles. The Bertz CT molecular complexity index is 722.